The van der Waals surface area contributed by atoms with E-state index in [2.05, 4.69) is 9.47 Å². The Morgan fingerprint density at radius 3 is 1.94 bits per heavy atom. The summed E-state index contributed by atoms with van der Waals surface area (Å²) in [5.41, 5.74) is 0. The highest BCUT2D eigenvalue weighted by Crippen LogP contribution is 2.50. The van der Waals surface area contributed by atoms with E-state index in [9.17, 15) is 35.9 Å². The summed E-state index contributed by atoms with van der Waals surface area (Å²) in [5.74, 6) is -7.02. The highest BCUT2D eigenvalue weighted by Gasteiger charge is 2.80. The number of halogens is 7. The van der Waals surface area contributed by atoms with Crippen LogP contribution in [-0.4, -0.2) is 35.5 Å². The molecular formula is C7H3ClF6O4. The predicted molar refractivity (Wildman–Crippen MR) is 41.3 cm³/mol. The predicted octanol–water partition coefficient (Wildman–Crippen LogP) is 1.90. The molecule has 1 fully saturated rings. The lowest BCUT2D eigenvalue weighted by molar-refractivity contribution is -0.439. The zero-order valence-electron chi connectivity index (χ0n) is 8.06. The molecule has 0 aromatic carbocycles. The molecule has 1 unspecified atom stereocenters. The number of hydrogen-bond donors (Lipinski definition) is 0. The molecule has 0 radical (unpaired) electrons. The fraction of sp³-hybridized carbons (Fsp3) is 0.714. The van der Waals surface area contributed by atoms with Crippen LogP contribution >= 0.6 is 11.6 Å². The highest BCUT2D eigenvalue weighted by atomic mass is 35.5. The number of ether oxygens (including phenoxy) is 2. The van der Waals surface area contributed by atoms with Gasteiger partial charge >= 0.3 is 24.1 Å². The van der Waals surface area contributed by atoms with Crippen molar-refractivity contribution in [2.45, 2.75) is 30.7 Å². The second-order valence-electron chi connectivity index (χ2n) is 3.20. The molecule has 11 heteroatoms. The summed E-state index contributed by atoms with van der Waals surface area (Å²) in [7, 11) is 0. The van der Waals surface area contributed by atoms with E-state index in [1.165, 1.54) is 0 Å². The van der Waals surface area contributed by atoms with Gasteiger partial charge in [-0.15, -0.1) is 0 Å². The molecule has 0 aromatic heterocycles. The van der Waals surface area contributed by atoms with Crippen LogP contribution in [0.4, 0.5) is 26.3 Å². The summed E-state index contributed by atoms with van der Waals surface area (Å²) in [4.78, 5) is 21.2. The Morgan fingerprint density at radius 2 is 1.67 bits per heavy atom. The minimum Gasteiger partial charge on any atom is -0.414 e. The van der Waals surface area contributed by atoms with E-state index in [0.29, 0.717) is 0 Å². The van der Waals surface area contributed by atoms with Crippen molar-refractivity contribution in [2.24, 2.45) is 0 Å². The van der Waals surface area contributed by atoms with E-state index in [0.717, 1.165) is 0 Å². The molecule has 0 bridgehead atoms. The Bertz CT molecular complexity index is 361. The van der Waals surface area contributed by atoms with E-state index >= 15 is 0 Å². The quantitative estimate of drug-likeness (QED) is 0.444. The number of esters is 1. The molecular weight excluding hydrogens is 298 g/mol. The van der Waals surface area contributed by atoms with Crippen molar-refractivity contribution >= 4 is 22.8 Å². The zero-order valence-corrected chi connectivity index (χ0v) is 8.82. The Morgan fingerprint density at radius 1 is 1.22 bits per heavy atom. The zero-order chi connectivity index (χ0) is 14.4. The Labute approximate surface area is 99.8 Å². The van der Waals surface area contributed by atoms with Crippen molar-refractivity contribution in [3.8, 4) is 0 Å². The van der Waals surface area contributed by atoms with Crippen molar-refractivity contribution < 1.29 is 45.4 Å². The van der Waals surface area contributed by atoms with Crippen molar-refractivity contribution in [3.05, 3.63) is 0 Å². The molecule has 1 saturated heterocycles. The molecule has 1 aliphatic rings. The van der Waals surface area contributed by atoms with Crippen molar-refractivity contribution in [1.82, 2.24) is 0 Å². The van der Waals surface area contributed by atoms with Crippen LogP contribution in [0.25, 0.3) is 0 Å². The Kier molecular flexibility index (Phi) is 3.56. The van der Waals surface area contributed by atoms with Gasteiger partial charge in [0.25, 0.3) is 0 Å². The normalized spacial score (nSPS) is 23.9. The first-order valence-electron chi connectivity index (χ1n) is 4.13. The molecule has 1 rings (SSSR count). The van der Waals surface area contributed by atoms with Crippen LogP contribution in [0, 0.1) is 0 Å². The monoisotopic (exact) mass is 300 g/mol. The van der Waals surface area contributed by atoms with Crippen molar-refractivity contribution in [1.29, 1.82) is 0 Å². The SMILES string of the molecule is O=C(Cl)CC1OC(C(F)(F)F)(C(F)(F)F)OC1=O. The molecule has 0 aliphatic carbocycles. The van der Waals surface area contributed by atoms with Gasteiger partial charge in [-0.05, 0) is 11.6 Å². The first-order chi connectivity index (χ1) is 7.91. The number of alkyl halides is 6. The number of cyclic esters (lactones) is 1. The van der Waals surface area contributed by atoms with Crippen LogP contribution < -0.4 is 0 Å². The first kappa shape index (κ1) is 15.0. The fourth-order valence-electron chi connectivity index (χ4n) is 1.16. The third-order valence-electron chi connectivity index (χ3n) is 1.91. The largest absolute Gasteiger partial charge is 0.465 e. The topological polar surface area (TPSA) is 52.6 Å². The van der Waals surface area contributed by atoms with Crippen molar-refractivity contribution in [3.63, 3.8) is 0 Å². The molecule has 0 N–H and O–H groups in total. The lowest BCUT2D eigenvalue weighted by Crippen LogP contribution is -2.58. The van der Waals surface area contributed by atoms with Gasteiger partial charge in [0.1, 0.15) is 0 Å². The molecule has 4 nitrogen and oxygen atoms in total. The van der Waals surface area contributed by atoms with Gasteiger partial charge in [-0.25, -0.2) is 4.79 Å². The molecule has 0 spiro atoms. The summed E-state index contributed by atoms with van der Waals surface area (Å²) < 4.78 is 81.0. The third-order valence-corrected chi connectivity index (χ3v) is 2.06. The molecule has 1 aliphatic heterocycles. The average molecular weight is 301 g/mol. The van der Waals surface area contributed by atoms with Crippen LogP contribution in [0.1, 0.15) is 6.42 Å². The van der Waals surface area contributed by atoms with Gasteiger partial charge in [-0.3, -0.25) is 4.79 Å². The summed E-state index contributed by atoms with van der Waals surface area (Å²) in [6.45, 7) is 0. The van der Waals surface area contributed by atoms with Gasteiger partial charge in [-0.1, -0.05) is 0 Å². The minimum absolute atomic E-state index is 1.16. The summed E-state index contributed by atoms with van der Waals surface area (Å²) in [5, 5.41) is -1.34. The van der Waals surface area contributed by atoms with Crippen molar-refractivity contribution in [2.75, 3.05) is 0 Å². The van der Waals surface area contributed by atoms with Gasteiger partial charge < -0.3 is 9.47 Å². The standard InChI is InChI=1S/C7H3ClF6O4/c8-3(15)1-2-4(16)18-5(17-2,6(9,10)11)7(12,13)14/h2H,1H2. The van der Waals surface area contributed by atoms with E-state index in [4.69, 9.17) is 11.6 Å². The minimum atomic E-state index is -6.04. The molecule has 1 atom stereocenters. The van der Waals surface area contributed by atoms with Gasteiger partial charge in [0.15, 0.2) is 6.10 Å². The van der Waals surface area contributed by atoms with E-state index < -0.39 is 41.9 Å². The highest BCUT2D eigenvalue weighted by molar-refractivity contribution is 6.63. The van der Waals surface area contributed by atoms with E-state index in [1.807, 2.05) is 0 Å². The van der Waals surface area contributed by atoms with Crippen LogP contribution in [0.2, 0.25) is 0 Å². The molecule has 104 valence electrons. The van der Waals surface area contributed by atoms with Gasteiger partial charge in [0.2, 0.25) is 5.24 Å². The smallest absolute Gasteiger partial charge is 0.414 e. The summed E-state index contributed by atoms with van der Waals surface area (Å²) in [6, 6.07) is 0. The summed E-state index contributed by atoms with van der Waals surface area (Å²) >= 11 is 4.76. The van der Waals surface area contributed by atoms with Crippen LogP contribution in [0.3, 0.4) is 0 Å². The molecule has 0 amide bonds. The van der Waals surface area contributed by atoms with Crippen LogP contribution in [-0.2, 0) is 19.1 Å². The lowest BCUT2D eigenvalue weighted by Gasteiger charge is -2.30. The molecule has 0 aromatic rings. The maximum absolute atomic E-state index is 12.4. The lowest BCUT2D eigenvalue weighted by atomic mass is 10.2. The number of carbonyl (C=O) groups is 2. The van der Waals surface area contributed by atoms with Gasteiger partial charge in [0.05, 0.1) is 6.42 Å². The molecule has 18 heavy (non-hydrogen) atoms. The van der Waals surface area contributed by atoms with Gasteiger partial charge in [-0.2, -0.15) is 26.3 Å². The molecule has 0 saturated carbocycles. The van der Waals surface area contributed by atoms with Gasteiger partial charge in [0, 0.05) is 0 Å². The fourth-order valence-corrected chi connectivity index (χ4v) is 1.30. The maximum atomic E-state index is 12.4. The number of carbonyl (C=O) groups excluding carboxylic acids is 2. The third kappa shape index (κ3) is 2.39. The number of rotatable bonds is 2. The van der Waals surface area contributed by atoms with Crippen LogP contribution in [0.15, 0.2) is 0 Å². The van der Waals surface area contributed by atoms with E-state index in [1.54, 1.807) is 0 Å². The first-order valence-corrected chi connectivity index (χ1v) is 4.51. The summed E-state index contributed by atoms with van der Waals surface area (Å²) in [6.07, 6.45) is -15.6. The second-order valence-corrected chi connectivity index (χ2v) is 3.62. The average Bonchev–Trinajstić information content (AvgIpc) is 2.41. The van der Waals surface area contributed by atoms with Crippen LogP contribution in [0.5, 0.6) is 0 Å². The van der Waals surface area contributed by atoms with E-state index in [-0.39, 0.29) is 0 Å². The maximum Gasteiger partial charge on any atom is 0.465 e. The second kappa shape index (κ2) is 4.26. The molecule has 1 heterocycles. The number of hydrogen-bond acceptors (Lipinski definition) is 4. The Hall–Kier alpha value is -1.03. The Balaban J connectivity index is 3.12.